The molecule has 136 valence electrons. The Morgan fingerprint density at radius 2 is 2.08 bits per heavy atom. The van der Waals surface area contributed by atoms with Gasteiger partial charge in [0.15, 0.2) is 0 Å². The normalized spacial score (nSPS) is 17.9. The standard InChI is InChI=1S/C15H23F3N4OS/c1-10(2)7-13-21-11(9-24-13)14(23)20-8-12(15(16,17)18)22-5-3-19-4-6-22/h9-10,12,19H,3-8H2,1-2H3,(H,20,23). The van der Waals surface area contributed by atoms with E-state index in [1.54, 1.807) is 5.38 Å². The summed E-state index contributed by atoms with van der Waals surface area (Å²) in [7, 11) is 0. The summed E-state index contributed by atoms with van der Waals surface area (Å²) in [6.45, 7) is 5.30. The highest BCUT2D eigenvalue weighted by atomic mass is 32.1. The van der Waals surface area contributed by atoms with Crippen molar-refractivity contribution in [3.8, 4) is 0 Å². The topological polar surface area (TPSA) is 57.3 Å². The van der Waals surface area contributed by atoms with E-state index in [4.69, 9.17) is 0 Å². The average Bonchev–Trinajstić information content (AvgIpc) is 2.94. The first-order chi connectivity index (χ1) is 11.3. The smallest absolute Gasteiger partial charge is 0.349 e. The van der Waals surface area contributed by atoms with Crippen LogP contribution in [-0.2, 0) is 6.42 Å². The minimum atomic E-state index is -4.38. The molecular weight excluding hydrogens is 341 g/mol. The maximum Gasteiger partial charge on any atom is 0.405 e. The predicted molar refractivity (Wildman–Crippen MR) is 87.3 cm³/mol. The number of piperazine rings is 1. The van der Waals surface area contributed by atoms with Crippen molar-refractivity contribution >= 4 is 17.2 Å². The van der Waals surface area contributed by atoms with E-state index in [1.807, 2.05) is 13.8 Å². The van der Waals surface area contributed by atoms with Gasteiger partial charge >= 0.3 is 6.18 Å². The molecule has 0 spiro atoms. The molecule has 0 radical (unpaired) electrons. The van der Waals surface area contributed by atoms with Crippen LogP contribution in [0.5, 0.6) is 0 Å². The van der Waals surface area contributed by atoms with Gasteiger partial charge in [-0.15, -0.1) is 11.3 Å². The van der Waals surface area contributed by atoms with Gasteiger partial charge in [-0.2, -0.15) is 13.2 Å². The first kappa shape index (κ1) is 19.1. The summed E-state index contributed by atoms with van der Waals surface area (Å²) >= 11 is 1.36. The van der Waals surface area contributed by atoms with Crippen molar-refractivity contribution in [2.24, 2.45) is 5.92 Å². The van der Waals surface area contributed by atoms with Gasteiger partial charge in [-0.3, -0.25) is 9.69 Å². The molecule has 1 atom stereocenters. The lowest BCUT2D eigenvalue weighted by Crippen LogP contribution is -2.57. The summed E-state index contributed by atoms with van der Waals surface area (Å²) in [4.78, 5) is 17.7. The van der Waals surface area contributed by atoms with Gasteiger partial charge in [-0.25, -0.2) is 4.98 Å². The Balaban J connectivity index is 1.95. The number of rotatable bonds is 6. The summed E-state index contributed by atoms with van der Waals surface area (Å²) < 4.78 is 39.8. The van der Waals surface area contributed by atoms with Crippen LogP contribution in [0.1, 0.15) is 29.3 Å². The van der Waals surface area contributed by atoms with Crippen LogP contribution < -0.4 is 10.6 Å². The maximum atomic E-state index is 13.3. The molecule has 1 amide bonds. The van der Waals surface area contributed by atoms with Gasteiger partial charge in [-0.05, 0) is 5.92 Å². The van der Waals surface area contributed by atoms with Crippen LogP contribution in [0.25, 0.3) is 0 Å². The Bertz CT molecular complexity index is 541. The number of thiazole rings is 1. The zero-order chi connectivity index (χ0) is 17.7. The Morgan fingerprint density at radius 1 is 1.42 bits per heavy atom. The van der Waals surface area contributed by atoms with E-state index in [2.05, 4.69) is 15.6 Å². The second-order valence-corrected chi connectivity index (χ2v) is 7.22. The van der Waals surface area contributed by atoms with Gasteiger partial charge in [0.2, 0.25) is 0 Å². The molecule has 1 unspecified atom stereocenters. The summed E-state index contributed by atoms with van der Waals surface area (Å²) in [5.74, 6) is -0.139. The lowest BCUT2D eigenvalue weighted by atomic mass is 10.1. The minimum Gasteiger partial charge on any atom is -0.349 e. The van der Waals surface area contributed by atoms with Crippen molar-refractivity contribution in [2.75, 3.05) is 32.7 Å². The number of alkyl halides is 3. The van der Waals surface area contributed by atoms with Gasteiger partial charge in [0.05, 0.1) is 5.01 Å². The van der Waals surface area contributed by atoms with E-state index in [-0.39, 0.29) is 5.69 Å². The molecule has 0 aromatic carbocycles. The Labute approximate surface area is 143 Å². The van der Waals surface area contributed by atoms with Gasteiger partial charge < -0.3 is 10.6 Å². The van der Waals surface area contributed by atoms with Gasteiger partial charge in [0.25, 0.3) is 5.91 Å². The van der Waals surface area contributed by atoms with E-state index in [1.165, 1.54) is 16.2 Å². The molecule has 0 aliphatic carbocycles. The zero-order valence-electron chi connectivity index (χ0n) is 13.8. The van der Waals surface area contributed by atoms with E-state index < -0.39 is 24.7 Å². The van der Waals surface area contributed by atoms with Crippen LogP contribution in [0, 0.1) is 5.92 Å². The quantitative estimate of drug-likeness (QED) is 0.810. The molecule has 2 heterocycles. The number of aromatic nitrogens is 1. The molecule has 0 saturated carbocycles. The number of hydrogen-bond acceptors (Lipinski definition) is 5. The average molecular weight is 364 g/mol. The van der Waals surface area contributed by atoms with Crippen molar-refractivity contribution in [3.05, 3.63) is 16.1 Å². The monoisotopic (exact) mass is 364 g/mol. The molecule has 1 saturated heterocycles. The number of carbonyl (C=O) groups excluding carboxylic acids is 1. The number of nitrogens with zero attached hydrogens (tertiary/aromatic N) is 2. The van der Waals surface area contributed by atoms with Gasteiger partial charge in [0, 0.05) is 44.5 Å². The van der Waals surface area contributed by atoms with E-state index in [9.17, 15) is 18.0 Å². The molecule has 1 aliphatic rings. The van der Waals surface area contributed by atoms with Crippen LogP contribution in [-0.4, -0.2) is 60.7 Å². The highest BCUT2D eigenvalue weighted by molar-refractivity contribution is 7.09. The van der Waals surface area contributed by atoms with Crippen molar-refractivity contribution < 1.29 is 18.0 Å². The molecule has 0 bridgehead atoms. The summed E-state index contributed by atoms with van der Waals surface area (Å²) in [6, 6.07) is -1.67. The fourth-order valence-corrected chi connectivity index (χ4v) is 3.57. The Kier molecular flexibility index (Phi) is 6.59. The van der Waals surface area contributed by atoms with Crippen molar-refractivity contribution in [1.29, 1.82) is 0 Å². The molecule has 24 heavy (non-hydrogen) atoms. The summed E-state index contributed by atoms with van der Waals surface area (Å²) in [5.41, 5.74) is 0.192. The van der Waals surface area contributed by atoms with Crippen LogP contribution in [0.4, 0.5) is 13.2 Å². The fourth-order valence-electron chi connectivity index (χ4n) is 2.58. The number of amides is 1. The Morgan fingerprint density at radius 3 is 2.67 bits per heavy atom. The second-order valence-electron chi connectivity index (χ2n) is 6.28. The summed E-state index contributed by atoms with van der Waals surface area (Å²) in [6.07, 6.45) is -3.63. The number of hydrogen-bond donors (Lipinski definition) is 2. The van der Waals surface area contributed by atoms with Crippen LogP contribution in [0.15, 0.2) is 5.38 Å². The largest absolute Gasteiger partial charge is 0.405 e. The first-order valence-corrected chi connectivity index (χ1v) is 8.89. The van der Waals surface area contributed by atoms with Crippen LogP contribution >= 0.6 is 11.3 Å². The van der Waals surface area contributed by atoms with E-state index in [0.717, 1.165) is 11.4 Å². The number of carbonyl (C=O) groups is 1. The molecule has 2 rings (SSSR count). The zero-order valence-corrected chi connectivity index (χ0v) is 14.6. The number of halogens is 3. The molecule has 1 aromatic heterocycles. The second kappa shape index (κ2) is 8.26. The third-order valence-electron chi connectivity index (χ3n) is 3.79. The van der Waals surface area contributed by atoms with Gasteiger partial charge in [-0.1, -0.05) is 13.8 Å². The SMILES string of the molecule is CC(C)Cc1nc(C(=O)NCC(N2CCNCC2)C(F)(F)F)cs1. The molecule has 2 N–H and O–H groups in total. The molecule has 9 heteroatoms. The van der Waals surface area contributed by atoms with Crippen LogP contribution in [0.2, 0.25) is 0 Å². The number of nitrogens with one attached hydrogen (secondary N) is 2. The van der Waals surface area contributed by atoms with Crippen molar-refractivity contribution in [1.82, 2.24) is 20.5 Å². The molecule has 1 fully saturated rings. The minimum absolute atomic E-state index is 0.192. The summed E-state index contributed by atoms with van der Waals surface area (Å²) in [5, 5.41) is 7.84. The molecule has 1 aliphatic heterocycles. The predicted octanol–water partition coefficient (Wildman–Crippen LogP) is 1.91. The Hall–Kier alpha value is -1.19. The first-order valence-electron chi connectivity index (χ1n) is 8.01. The van der Waals surface area contributed by atoms with Gasteiger partial charge in [0.1, 0.15) is 11.7 Å². The van der Waals surface area contributed by atoms with E-state index >= 15 is 0 Å². The molecule has 1 aromatic rings. The lowest BCUT2D eigenvalue weighted by molar-refractivity contribution is -0.183. The highest BCUT2D eigenvalue weighted by Gasteiger charge is 2.43. The molecular formula is C15H23F3N4OS. The fraction of sp³-hybridized carbons (Fsp3) is 0.733. The third kappa shape index (κ3) is 5.42. The highest BCUT2D eigenvalue weighted by Crippen LogP contribution is 2.25. The molecule has 5 nitrogen and oxygen atoms in total. The van der Waals surface area contributed by atoms with Crippen molar-refractivity contribution in [3.63, 3.8) is 0 Å². The lowest BCUT2D eigenvalue weighted by Gasteiger charge is -2.35. The van der Waals surface area contributed by atoms with E-state index in [0.29, 0.717) is 32.1 Å². The third-order valence-corrected chi connectivity index (χ3v) is 4.66. The van der Waals surface area contributed by atoms with Crippen molar-refractivity contribution in [2.45, 2.75) is 32.5 Å². The van der Waals surface area contributed by atoms with Crippen LogP contribution in [0.3, 0.4) is 0 Å². The maximum absolute atomic E-state index is 13.3.